The molecule has 1 saturated heterocycles. The van der Waals surface area contributed by atoms with E-state index in [2.05, 4.69) is 0 Å². The third kappa shape index (κ3) is 6.30. The molecule has 1 aliphatic rings. The number of nitrogens with zero attached hydrogens (tertiary/aromatic N) is 1. The number of methoxy groups -OCH3 is 1. The van der Waals surface area contributed by atoms with E-state index >= 15 is 0 Å². The van der Waals surface area contributed by atoms with Crippen LogP contribution in [0.3, 0.4) is 0 Å². The monoisotopic (exact) mass is 539 g/mol. The first-order valence-electron chi connectivity index (χ1n) is 11.2. The van der Waals surface area contributed by atoms with Crippen LogP contribution in [0.5, 0.6) is 0 Å². The summed E-state index contributed by atoms with van der Waals surface area (Å²) in [6, 6.07) is 10.1. The molecule has 0 aromatic heterocycles. The van der Waals surface area contributed by atoms with Crippen LogP contribution in [0.25, 0.3) is 0 Å². The van der Waals surface area contributed by atoms with Crippen molar-refractivity contribution in [3.8, 4) is 0 Å². The van der Waals surface area contributed by atoms with Crippen LogP contribution >= 0.6 is 0 Å². The number of piperidine rings is 1. The van der Waals surface area contributed by atoms with Gasteiger partial charge in [0.1, 0.15) is 12.6 Å². The van der Waals surface area contributed by atoms with Gasteiger partial charge in [-0.2, -0.15) is 12.7 Å². The molecular formula is C24H29NO9S2. The number of hydrogen-bond acceptors (Lipinski definition) is 9. The van der Waals surface area contributed by atoms with Crippen LogP contribution in [0.4, 0.5) is 0 Å². The van der Waals surface area contributed by atoms with Crippen LogP contribution in [-0.2, 0) is 43.4 Å². The molecule has 12 heteroatoms. The van der Waals surface area contributed by atoms with Gasteiger partial charge in [0.15, 0.2) is 0 Å². The van der Waals surface area contributed by atoms with Gasteiger partial charge in [-0.1, -0.05) is 35.4 Å². The Hall–Kier alpha value is -2.80. The Morgan fingerprint density at radius 2 is 1.47 bits per heavy atom. The minimum atomic E-state index is -4.20. The van der Waals surface area contributed by atoms with Gasteiger partial charge in [0.2, 0.25) is 10.0 Å². The summed E-state index contributed by atoms with van der Waals surface area (Å²) in [5, 5.41) is 0. The van der Waals surface area contributed by atoms with Gasteiger partial charge in [0, 0.05) is 0 Å². The molecule has 2 aromatic carbocycles. The summed E-state index contributed by atoms with van der Waals surface area (Å²) in [4.78, 5) is 23.6. The van der Waals surface area contributed by atoms with Crippen LogP contribution in [0.1, 0.15) is 24.0 Å². The van der Waals surface area contributed by atoms with Gasteiger partial charge < -0.3 is 9.47 Å². The molecular weight excluding hydrogens is 510 g/mol. The van der Waals surface area contributed by atoms with E-state index in [0.717, 1.165) is 22.5 Å². The summed E-state index contributed by atoms with van der Waals surface area (Å²) < 4.78 is 68.5. The normalized spacial score (nSPS) is 21.0. The van der Waals surface area contributed by atoms with E-state index in [0.29, 0.717) is 0 Å². The second-order valence-corrected chi connectivity index (χ2v) is 12.1. The third-order valence-corrected chi connectivity index (χ3v) is 9.30. The van der Waals surface area contributed by atoms with E-state index in [4.69, 9.17) is 13.7 Å². The molecule has 2 aromatic rings. The number of aryl methyl sites for hydroxylation is 2. The number of ether oxygens (including phenoxy) is 2. The minimum absolute atomic E-state index is 0.0159. The topological polar surface area (TPSA) is 133 Å². The van der Waals surface area contributed by atoms with Crippen molar-refractivity contribution in [2.75, 3.05) is 20.3 Å². The van der Waals surface area contributed by atoms with Crippen molar-refractivity contribution in [2.45, 2.75) is 48.6 Å². The van der Waals surface area contributed by atoms with E-state index in [1.54, 1.807) is 24.3 Å². The Bertz CT molecular complexity index is 1270. The van der Waals surface area contributed by atoms with Crippen molar-refractivity contribution in [3.63, 3.8) is 0 Å². The summed E-state index contributed by atoms with van der Waals surface area (Å²) in [7, 11) is -7.14. The Morgan fingerprint density at radius 3 is 2.00 bits per heavy atom. The molecule has 1 fully saturated rings. The molecule has 0 spiro atoms. The summed E-state index contributed by atoms with van der Waals surface area (Å²) >= 11 is 0. The van der Waals surface area contributed by atoms with Crippen molar-refractivity contribution in [1.82, 2.24) is 4.31 Å². The Morgan fingerprint density at radius 1 is 0.917 bits per heavy atom. The fraction of sp³-hybridized carbons (Fsp3) is 0.417. The molecule has 0 radical (unpaired) electrons. The van der Waals surface area contributed by atoms with E-state index in [9.17, 15) is 26.4 Å². The predicted octanol–water partition coefficient (Wildman–Crippen LogP) is 2.19. The van der Waals surface area contributed by atoms with Gasteiger partial charge in [-0.05, 0) is 56.9 Å². The highest BCUT2D eigenvalue weighted by Crippen LogP contribution is 2.35. The number of carbonyl (C=O) groups is 2. The van der Waals surface area contributed by atoms with Gasteiger partial charge in [-0.15, -0.1) is 0 Å². The smallest absolute Gasteiger partial charge is 0.324 e. The lowest BCUT2D eigenvalue weighted by atomic mass is 9.88. The van der Waals surface area contributed by atoms with E-state index in [-0.39, 0.29) is 42.3 Å². The largest absolute Gasteiger partial charge is 0.468 e. The first-order valence-corrected chi connectivity index (χ1v) is 14.0. The fourth-order valence-corrected chi connectivity index (χ4v) is 6.92. The highest BCUT2D eigenvalue weighted by Gasteiger charge is 2.47. The zero-order valence-corrected chi connectivity index (χ0v) is 21.8. The molecule has 0 bridgehead atoms. The van der Waals surface area contributed by atoms with Crippen molar-refractivity contribution >= 4 is 32.6 Å². The lowest BCUT2D eigenvalue weighted by Crippen LogP contribution is -2.57. The third-order valence-electron chi connectivity index (χ3n) is 6.02. The highest BCUT2D eigenvalue weighted by molar-refractivity contribution is 7.89. The SMILES string of the molecule is COC(=O)[C@@H]1C[C@H](COS(=O)(=O)c2ccc(C)cc2)C[C@H](COC=O)N1S(=O)(=O)c1ccc(C)cc1. The molecule has 3 rings (SSSR count). The molecule has 0 aliphatic carbocycles. The molecule has 1 aliphatic heterocycles. The zero-order chi connectivity index (χ0) is 26.5. The van der Waals surface area contributed by atoms with Crippen LogP contribution < -0.4 is 0 Å². The fourth-order valence-electron chi connectivity index (χ4n) is 4.18. The second kappa shape index (κ2) is 11.5. The maximum atomic E-state index is 13.6. The highest BCUT2D eigenvalue weighted by atomic mass is 32.2. The van der Waals surface area contributed by atoms with Crippen molar-refractivity contribution < 1.29 is 40.1 Å². The maximum Gasteiger partial charge on any atom is 0.324 e. The Balaban J connectivity index is 1.90. The van der Waals surface area contributed by atoms with E-state index in [1.165, 1.54) is 24.3 Å². The lowest BCUT2D eigenvalue weighted by Gasteiger charge is -2.42. The van der Waals surface area contributed by atoms with Gasteiger partial charge in [0.05, 0.1) is 29.5 Å². The number of benzene rings is 2. The van der Waals surface area contributed by atoms with E-state index in [1.807, 2.05) is 13.8 Å². The molecule has 36 heavy (non-hydrogen) atoms. The average Bonchev–Trinajstić information content (AvgIpc) is 2.85. The molecule has 0 N–H and O–H groups in total. The first-order chi connectivity index (χ1) is 17.0. The van der Waals surface area contributed by atoms with Crippen LogP contribution in [0.15, 0.2) is 58.3 Å². The molecule has 0 saturated carbocycles. The van der Waals surface area contributed by atoms with Gasteiger partial charge in [0.25, 0.3) is 16.6 Å². The minimum Gasteiger partial charge on any atom is -0.468 e. The molecule has 196 valence electrons. The summed E-state index contributed by atoms with van der Waals surface area (Å²) in [5.74, 6) is -1.35. The summed E-state index contributed by atoms with van der Waals surface area (Å²) in [6.07, 6.45) is 0.0502. The molecule has 0 amide bonds. The quantitative estimate of drug-likeness (QED) is 0.253. The second-order valence-electron chi connectivity index (χ2n) is 8.66. The van der Waals surface area contributed by atoms with Gasteiger partial charge in [-0.3, -0.25) is 13.8 Å². The molecule has 10 nitrogen and oxygen atoms in total. The van der Waals surface area contributed by atoms with E-state index < -0.39 is 44.1 Å². The van der Waals surface area contributed by atoms with Crippen molar-refractivity contribution in [3.05, 3.63) is 59.7 Å². The van der Waals surface area contributed by atoms with Crippen LogP contribution in [0.2, 0.25) is 0 Å². The maximum absolute atomic E-state index is 13.6. The summed E-state index contributed by atoms with van der Waals surface area (Å²) in [6.45, 7) is 3.20. The first kappa shape index (κ1) is 27.8. The Kier molecular flexibility index (Phi) is 8.88. The number of hydrogen-bond donors (Lipinski definition) is 0. The Labute approximate surface area is 211 Å². The number of carbonyl (C=O) groups excluding carboxylic acids is 2. The number of sulfonamides is 1. The molecule has 3 atom stereocenters. The summed E-state index contributed by atoms with van der Waals surface area (Å²) in [5.41, 5.74) is 1.74. The average molecular weight is 540 g/mol. The molecule has 0 unspecified atom stereocenters. The van der Waals surface area contributed by atoms with Gasteiger partial charge >= 0.3 is 5.97 Å². The van der Waals surface area contributed by atoms with Crippen LogP contribution in [-0.4, -0.2) is 66.0 Å². The van der Waals surface area contributed by atoms with Gasteiger partial charge in [-0.25, -0.2) is 8.42 Å². The van der Waals surface area contributed by atoms with Crippen molar-refractivity contribution in [1.29, 1.82) is 0 Å². The lowest BCUT2D eigenvalue weighted by molar-refractivity contribution is -0.148. The number of rotatable bonds is 10. The molecule has 1 heterocycles. The van der Waals surface area contributed by atoms with Crippen molar-refractivity contribution in [2.24, 2.45) is 5.92 Å². The standard InChI is InChI=1S/C24H29NO9S2/c1-17-4-8-21(9-5-17)35(28,29)25-20(15-33-16-26)12-19(13-23(25)24(27)32-3)14-34-36(30,31)22-10-6-18(2)7-11-22/h4-11,16,19-20,23H,12-15H2,1-3H3/t19-,20-,23+/m1/s1. The number of esters is 1. The zero-order valence-electron chi connectivity index (χ0n) is 20.2. The van der Waals surface area contributed by atoms with Crippen LogP contribution in [0, 0.1) is 19.8 Å². The predicted molar refractivity (Wildman–Crippen MR) is 129 cm³/mol.